The van der Waals surface area contributed by atoms with Crippen LogP contribution in [0.25, 0.3) is 0 Å². The predicted molar refractivity (Wildman–Crippen MR) is 113 cm³/mol. The second-order valence-electron chi connectivity index (χ2n) is 5.68. The average molecular weight is 482 g/mol. The molecule has 1 heterocycles. The van der Waals surface area contributed by atoms with Crippen LogP contribution in [0.2, 0.25) is 0 Å². The molecule has 0 aliphatic carbocycles. The summed E-state index contributed by atoms with van der Waals surface area (Å²) in [4.78, 5) is 17.1. The first-order valence-corrected chi connectivity index (χ1v) is 11.1. The normalized spacial score (nSPS) is 11.1. The largest absolute Gasteiger partial charge is 0.497 e. The molecule has 2 aromatic carbocycles. The molecular weight excluding hydrogens is 466 g/mol. The van der Waals surface area contributed by atoms with E-state index in [0.29, 0.717) is 22.0 Å². The molecule has 3 rings (SSSR count). The van der Waals surface area contributed by atoms with Crippen molar-refractivity contribution < 1.29 is 17.9 Å². The Labute approximate surface area is 175 Å². The average Bonchev–Trinajstić information content (AvgIpc) is 3.01. The number of benzene rings is 2. The number of aryl methyl sites for hydroxylation is 1. The summed E-state index contributed by atoms with van der Waals surface area (Å²) in [5.41, 5.74) is 1.05. The standard InChI is InChI=1S/C18H16BrN3O4S2/c1-11-16(17(23)21-13-5-3-4-12(19)10-13)27-18(20-11)22-28(24,25)15-8-6-14(26-2)7-9-15/h3-10H,1-2H3,(H,20,22)(H,21,23). The van der Waals surface area contributed by atoms with E-state index in [1.807, 2.05) is 6.07 Å². The Morgan fingerprint density at radius 2 is 1.89 bits per heavy atom. The smallest absolute Gasteiger partial charge is 0.267 e. The third kappa shape index (κ3) is 4.70. The van der Waals surface area contributed by atoms with Crippen molar-refractivity contribution in [3.63, 3.8) is 0 Å². The van der Waals surface area contributed by atoms with Crippen LogP contribution in [0.1, 0.15) is 15.4 Å². The molecule has 2 N–H and O–H groups in total. The predicted octanol–water partition coefficient (Wildman–Crippen LogP) is 4.28. The van der Waals surface area contributed by atoms with Gasteiger partial charge in [0.25, 0.3) is 15.9 Å². The van der Waals surface area contributed by atoms with Crippen LogP contribution in [-0.4, -0.2) is 26.4 Å². The fourth-order valence-corrected chi connectivity index (χ4v) is 4.83. The van der Waals surface area contributed by atoms with Crippen molar-refractivity contribution in [2.75, 3.05) is 17.1 Å². The highest BCUT2D eigenvalue weighted by Gasteiger charge is 2.20. The summed E-state index contributed by atoms with van der Waals surface area (Å²) < 4.78 is 33.3. The van der Waals surface area contributed by atoms with Crippen molar-refractivity contribution in [2.45, 2.75) is 11.8 Å². The lowest BCUT2D eigenvalue weighted by Gasteiger charge is -2.06. The molecule has 0 fully saturated rings. The van der Waals surface area contributed by atoms with Gasteiger partial charge in [0.1, 0.15) is 10.6 Å². The minimum atomic E-state index is -3.83. The van der Waals surface area contributed by atoms with Gasteiger partial charge < -0.3 is 10.1 Å². The van der Waals surface area contributed by atoms with E-state index in [0.717, 1.165) is 15.8 Å². The number of hydrogen-bond donors (Lipinski definition) is 2. The van der Waals surface area contributed by atoms with Crippen LogP contribution in [0.5, 0.6) is 5.75 Å². The van der Waals surface area contributed by atoms with Crippen LogP contribution in [0.4, 0.5) is 10.8 Å². The number of rotatable bonds is 6. The van der Waals surface area contributed by atoms with Gasteiger partial charge in [0, 0.05) is 10.2 Å². The second kappa shape index (κ2) is 8.29. The Kier molecular flexibility index (Phi) is 6.01. The zero-order chi connectivity index (χ0) is 20.3. The van der Waals surface area contributed by atoms with E-state index in [9.17, 15) is 13.2 Å². The summed E-state index contributed by atoms with van der Waals surface area (Å²) in [7, 11) is -2.33. The summed E-state index contributed by atoms with van der Waals surface area (Å²) in [6.07, 6.45) is 0. The fraction of sp³-hybridized carbons (Fsp3) is 0.111. The molecule has 0 atom stereocenters. The van der Waals surface area contributed by atoms with Gasteiger partial charge in [-0.25, -0.2) is 13.4 Å². The third-order valence-corrected chi connectivity index (χ3v) is 6.73. The third-order valence-electron chi connectivity index (χ3n) is 3.68. The lowest BCUT2D eigenvalue weighted by Crippen LogP contribution is -2.12. The highest BCUT2D eigenvalue weighted by molar-refractivity contribution is 9.10. The summed E-state index contributed by atoms with van der Waals surface area (Å²) >= 11 is 4.32. The first kappa shape index (κ1) is 20.3. The SMILES string of the molecule is COc1ccc(S(=O)(=O)Nc2nc(C)c(C(=O)Nc3cccc(Br)c3)s2)cc1. The van der Waals surface area contributed by atoms with Gasteiger partial charge in [0.2, 0.25) is 0 Å². The Hall–Kier alpha value is -2.43. The van der Waals surface area contributed by atoms with Crippen LogP contribution >= 0.6 is 27.3 Å². The van der Waals surface area contributed by atoms with Gasteiger partial charge >= 0.3 is 0 Å². The van der Waals surface area contributed by atoms with Gasteiger partial charge in [0.05, 0.1) is 17.7 Å². The highest BCUT2D eigenvalue weighted by atomic mass is 79.9. The van der Waals surface area contributed by atoms with Crippen molar-refractivity contribution in [1.82, 2.24) is 4.98 Å². The van der Waals surface area contributed by atoms with Crippen LogP contribution in [-0.2, 0) is 10.0 Å². The van der Waals surface area contributed by atoms with Crippen molar-refractivity contribution in [1.29, 1.82) is 0 Å². The molecule has 28 heavy (non-hydrogen) atoms. The number of thiazole rings is 1. The van der Waals surface area contributed by atoms with Gasteiger partial charge in [-0.05, 0) is 49.4 Å². The number of ether oxygens (including phenoxy) is 1. The second-order valence-corrected chi connectivity index (χ2v) is 9.28. The van der Waals surface area contributed by atoms with Crippen molar-refractivity contribution in [3.8, 4) is 5.75 Å². The summed E-state index contributed by atoms with van der Waals surface area (Å²) in [6, 6.07) is 13.1. The Morgan fingerprint density at radius 3 is 2.54 bits per heavy atom. The Bertz CT molecular complexity index is 1110. The number of methoxy groups -OCH3 is 1. The number of carbonyl (C=O) groups is 1. The highest BCUT2D eigenvalue weighted by Crippen LogP contribution is 2.27. The maximum Gasteiger partial charge on any atom is 0.267 e. The molecule has 0 spiro atoms. The topological polar surface area (TPSA) is 97.4 Å². The summed E-state index contributed by atoms with van der Waals surface area (Å²) in [5, 5.41) is 2.89. The Balaban J connectivity index is 1.78. The molecule has 7 nitrogen and oxygen atoms in total. The maximum atomic E-state index is 12.5. The number of aromatic nitrogens is 1. The maximum absolute atomic E-state index is 12.5. The molecule has 0 saturated carbocycles. The zero-order valence-corrected chi connectivity index (χ0v) is 18.1. The number of anilines is 2. The molecule has 1 aromatic heterocycles. The van der Waals surface area contributed by atoms with Crippen LogP contribution < -0.4 is 14.8 Å². The van der Waals surface area contributed by atoms with Gasteiger partial charge in [-0.2, -0.15) is 0 Å². The monoisotopic (exact) mass is 481 g/mol. The van der Waals surface area contributed by atoms with Crippen molar-refractivity contribution >= 4 is 54.0 Å². The van der Waals surface area contributed by atoms with E-state index < -0.39 is 10.0 Å². The lowest BCUT2D eigenvalue weighted by atomic mass is 10.3. The first-order chi connectivity index (χ1) is 13.3. The van der Waals surface area contributed by atoms with Gasteiger partial charge in [-0.1, -0.05) is 33.3 Å². The van der Waals surface area contributed by atoms with E-state index >= 15 is 0 Å². The van der Waals surface area contributed by atoms with E-state index in [1.165, 1.54) is 19.2 Å². The number of hydrogen-bond acceptors (Lipinski definition) is 6. The first-order valence-electron chi connectivity index (χ1n) is 8.00. The molecule has 10 heteroatoms. The zero-order valence-electron chi connectivity index (χ0n) is 14.9. The van der Waals surface area contributed by atoms with Crippen molar-refractivity contribution in [2.24, 2.45) is 0 Å². The van der Waals surface area contributed by atoms with E-state index in [2.05, 4.69) is 31.0 Å². The molecule has 0 saturated heterocycles. The molecule has 1 amide bonds. The van der Waals surface area contributed by atoms with Gasteiger partial charge in [-0.15, -0.1) is 0 Å². The number of carbonyl (C=O) groups excluding carboxylic acids is 1. The van der Waals surface area contributed by atoms with Crippen LogP contribution in [0.15, 0.2) is 57.9 Å². The molecule has 3 aromatic rings. The van der Waals surface area contributed by atoms with E-state index in [1.54, 1.807) is 37.3 Å². The summed E-state index contributed by atoms with van der Waals surface area (Å²) in [6.45, 7) is 1.65. The minimum Gasteiger partial charge on any atom is -0.497 e. The quantitative estimate of drug-likeness (QED) is 0.547. The number of sulfonamides is 1. The molecule has 0 aliphatic rings. The number of nitrogens with zero attached hydrogens (tertiary/aromatic N) is 1. The Morgan fingerprint density at radius 1 is 1.18 bits per heavy atom. The molecule has 0 radical (unpaired) electrons. The number of nitrogens with one attached hydrogen (secondary N) is 2. The number of amides is 1. The molecule has 0 unspecified atom stereocenters. The fourth-order valence-electron chi connectivity index (χ4n) is 2.33. The van der Waals surface area contributed by atoms with Crippen LogP contribution in [0.3, 0.4) is 0 Å². The number of halogens is 1. The lowest BCUT2D eigenvalue weighted by molar-refractivity contribution is 0.103. The summed E-state index contributed by atoms with van der Waals surface area (Å²) in [5.74, 6) is 0.193. The minimum absolute atomic E-state index is 0.0706. The molecule has 0 bridgehead atoms. The van der Waals surface area contributed by atoms with E-state index in [-0.39, 0.29) is 15.9 Å². The molecule has 0 aliphatic heterocycles. The van der Waals surface area contributed by atoms with E-state index in [4.69, 9.17) is 4.74 Å². The van der Waals surface area contributed by atoms with Crippen molar-refractivity contribution in [3.05, 3.63) is 63.6 Å². The van der Waals surface area contributed by atoms with Crippen LogP contribution in [0, 0.1) is 6.92 Å². The van der Waals surface area contributed by atoms with Gasteiger partial charge in [-0.3, -0.25) is 9.52 Å². The molecular formula is C18H16BrN3O4S2. The van der Waals surface area contributed by atoms with Gasteiger partial charge in [0.15, 0.2) is 5.13 Å². The molecule has 146 valence electrons.